The molecule has 2 aromatic heterocycles. The number of hydrogen-bond acceptors (Lipinski definition) is 2. The summed E-state index contributed by atoms with van der Waals surface area (Å²) in [5.41, 5.74) is 7.13. The van der Waals surface area contributed by atoms with Crippen molar-refractivity contribution in [1.29, 1.82) is 0 Å². The Morgan fingerprint density at radius 1 is 0.500 bits per heavy atom. The van der Waals surface area contributed by atoms with Crippen LogP contribution in [0.3, 0.4) is 0 Å². The van der Waals surface area contributed by atoms with Crippen LogP contribution in [0.4, 0.5) is 0 Å². The molecule has 4 rings (SSSR count). The van der Waals surface area contributed by atoms with E-state index >= 15 is 0 Å². The van der Waals surface area contributed by atoms with E-state index in [0.717, 1.165) is 11.4 Å². The van der Waals surface area contributed by atoms with Crippen LogP contribution < -0.4 is 0 Å². The topological polar surface area (TPSA) is 25.8 Å². The van der Waals surface area contributed by atoms with Crippen LogP contribution in [0.1, 0.15) is 45.5 Å². The molecule has 0 aliphatic heterocycles. The van der Waals surface area contributed by atoms with Crippen LogP contribution in [0.5, 0.6) is 0 Å². The summed E-state index contributed by atoms with van der Waals surface area (Å²) in [4.78, 5) is 9.48. The van der Waals surface area contributed by atoms with Gasteiger partial charge in [-0.05, 0) is 49.2 Å². The van der Waals surface area contributed by atoms with E-state index in [2.05, 4.69) is 86.6 Å². The minimum absolute atomic E-state index is 0.0828. The van der Waals surface area contributed by atoms with Crippen molar-refractivity contribution in [3.05, 3.63) is 131 Å². The molecule has 0 unspecified atom stereocenters. The summed E-state index contributed by atoms with van der Waals surface area (Å²) in [6.07, 6.45) is 3.75. The molecule has 2 heterocycles. The molecule has 2 aromatic carbocycles. The number of benzene rings is 2. The third-order valence-electron chi connectivity index (χ3n) is 5.22. The molecule has 0 radical (unpaired) electrons. The molecule has 2 atom stereocenters. The molecule has 0 saturated heterocycles. The summed E-state index contributed by atoms with van der Waals surface area (Å²) in [6.45, 7) is 4.24. The Hall–Kier alpha value is -3.26. The smallest absolute Gasteiger partial charge is 0.0488 e. The first-order chi connectivity index (χ1) is 13.7. The normalized spacial score (nSPS) is 13.1. The molecule has 0 aliphatic rings. The third kappa shape index (κ3) is 3.86. The van der Waals surface area contributed by atoms with Crippen LogP contribution >= 0.6 is 0 Å². The Bertz CT molecular complexity index is 920. The molecule has 0 aliphatic carbocycles. The van der Waals surface area contributed by atoms with E-state index in [1.807, 2.05) is 24.5 Å². The van der Waals surface area contributed by atoms with Gasteiger partial charge in [0.05, 0.1) is 0 Å². The number of aromatic nitrogens is 2. The second-order valence-electron chi connectivity index (χ2n) is 7.29. The minimum Gasteiger partial charge on any atom is -0.261 e. The maximum absolute atomic E-state index is 4.74. The lowest BCUT2D eigenvalue weighted by atomic mass is 9.77. The monoisotopic (exact) mass is 364 g/mol. The van der Waals surface area contributed by atoms with E-state index < -0.39 is 0 Å². The van der Waals surface area contributed by atoms with Gasteiger partial charge < -0.3 is 0 Å². The zero-order valence-electron chi connectivity index (χ0n) is 16.3. The van der Waals surface area contributed by atoms with Gasteiger partial charge in [0.15, 0.2) is 0 Å². The van der Waals surface area contributed by atoms with Gasteiger partial charge in [0.2, 0.25) is 0 Å². The molecule has 0 amide bonds. The Labute approximate surface area is 167 Å². The maximum Gasteiger partial charge on any atom is 0.0488 e. The molecule has 0 bridgehead atoms. The molecule has 28 heavy (non-hydrogen) atoms. The summed E-state index contributed by atoms with van der Waals surface area (Å²) < 4.78 is 0. The van der Waals surface area contributed by atoms with Crippen molar-refractivity contribution in [1.82, 2.24) is 9.97 Å². The Balaban J connectivity index is 1.93. The molecular formula is C26H24N2. The van der Waals surface area contributed by atoms with Crippen LogP contribution in [-0.4, -0.2) is 9.97 Å². The fourth-order valence-corrected chi connectivity index (χ4v) is 3.74. The van der Waals surface area contributed by atoms with Gasteiger partial charge >= 0.3 is 0 Å². The molecule has 2 heteroatoms. The van der Waals surface area contributed by atoms with E-state index in [-0.39, 0.29) is 11.8 Å². The lowest BCUT2D eigenvalue weighted by Gasteiger charge is -2.28. The zero-order chi connectivity index (χ0) is 19.3. The molecule has 0 saturated carbocycles. The lowest BCUT2D eigenvalue weighted by molar-refractivity contribution is 0.657. The average molecular weight is 364 g/mol. The summed E-state index contributed by atoms with van der Waals surface area (Å²) in [5, 5.41) is 0. The van der Waals surface area contributed by atoms with Gasteiger partial charge in [0, 0.05) is 35.6 Å². The van der Waals surface area contributed by atoms with E-state index in [4.69, 9.17) is 9.97 Å². The fraction of sp³-hybridized carbons (Fsp3) is 0.154. The largest absolute Gasteiger partial charge is 0.261 e. The van der Waals surface area contributed by atoms with Crippen molar-refractivity contribution in [2.24, 2.45) is 0 Å². The highest BCUT2D eigenvalue weighted by Gasteiger charge is 2.30. The Morgan fingerprint density at radius 2 is 0.893 bits per heavy atom. The summed E-state index contributed by atoms with van der Waals surface area (Å²) in [6, 6.07) is 29.9. The van der Waals surface area contributed by atoms with Gasteiger partial charge in [-0.2, -0.15) is 0 Å². The van der Waals surface area contributed by atoms with E-state index in [1.54, 1.807) is 0 Å². The average Bonchev–Trinajstić information content (AvgIpc) is 2.75. The summed E-state index contributed by atoms with van der Waals surface area (Å²) in [5.74, 6) is 0.166. The van der Waals surface area contributed by atoms with Gasteiger partial charge in [-0.15, -0.1) is 0 Å². The highest BCUT2D eigenvalue weighted by molar-refractivity contribution is 5.42. The highest BCUT2D eigenvalue weighted by Crippen LogP contribution is 2.41. The van der Waals surface area contributed by atoms with Crippen molar-refractivity contribution >= 4 is 0 Å². The highest BCUT2D eigenvalue weighted by atomic mass is 14.7. The first-order valence-electron chi connectivity index (χ1n) is 9.67. The third-order valence-corrected chi connectivity index (χ3v) is 5.22. The van der Waals surface area contributed by atoms with Crippen molar-refractivity contribution < 1.29 is 0 Å². The van der Waals surface area contributed by atoms with Crippen LogP contribution in [0.25, 0.3) is 0 Å². The SMILES string of the molecule is Cc1ccc([C@H](c2ccccn2)[C@H](c2ccc(C)cc2)c2ccccn2)cc1. The van der Waals surface area contributed by atoms with Crippen LogP contribution in [0, 0.1) is 13.8 Å². The van der Waals surface area contributed by atoms with Gasteiger partial charge in [-0.25, -0.2) is 0 Å². The van der Waals surface area contributed by atoms with Crippen molar-refractivity contribution in [3.8, 4) is 0 Å². The predicted molar refractivity (Wildman–Crippen MR) is 115 cm³/mol. The van der Waals surface area contributed by atoms with Gasteiger partial charge in [0.1, 0.15) is 0 Å². The van der Waals surface area contributed by atoms with Gasteiger partial charge in [-0.3, -0.25) is 9.97 Å². The Kier molecular flexibility index (Phi) is 5.29. The molecular weight excluding hydrogens is 340 g/mol. The molecule has 0 fully saturated rings. The second kappa shape index (κ2) is 8.18. The standard InChI is InChI=1S/C26H24N2/c1-19-9-13-21(14-10-19)25(23-7-3-5-17-27-23)26(24-8-4-6-18-28-24)22-15-11-20(2)12-16-22/h3-18,25-26H,1-2H3/t25-,26-/m1/s1. The Morgan fingerprint density at radius 3 is 1.21 bits per heavy atom. The number of pyridine rings is 2. The van der Waals surface area contributed by atoms with Crippen molar-refractivity contribution in [3.63, 3.8) is 0 Å². The van der Waals surface area contributed by atoms with Crippen LogP contribution in [-0.2, 0) is 0 Å². The first-order valence-corrected chi connectivity index (χ1v) is 9.67. The second-order valence-corrected chi connectivity index (χ2v) is 7.29. The number of rotatable bonds is 5. The minimum atomic E-state index is 0.0828. The van der Waals surface area contributed by atoms with Crippen molar-refractivity contribution in [2.45, 2.75) is 25.7 Å². The maximum atomic E-state index is 4.74. The lowest BCUT2D eigenvalue weighted by Crippen LogP contribution is -2.17. The number of nitrogens with zero attached hydrogens (tertiary/aromatic N) is 2. The molecule has 0 N–H and O–H groups in total. The molecule has 2 nitrogen and oxygen atoms in total. The summed E-state index contributed by atoms with van der Waals surface area (Å²) in [7, 11) is 0. The quantitative estimate of drug-likeness (QED) is 0.430. The zero-order valence-corrected chi connectivity index (χ0v) is 16.3. The molecule has 0 spiro atoms. The van der Waals surface area contributed by atoms with E-state index in [9.17, 15) is 0 Å². The van der Waals surface area contributed by atoms with E-state index in [1.165, 1.54) is 22.3 Å². The van der Waals surface area contributed by atoms with Gasteiger partial charge in [-0.1, -0.05) is 71.8 Å². The molecule has 138 valence electrons. The van der Waals surface area contributed by atoms with Crippen LogP contribution in [0.15, 0.2) is 97.3 Å². The molecule has 4 aromatic rings. The fourth-order valence-electron chi connectivity index (χ4n) is 3.74. The van der Waals surface area contributed by atoms with Gasteiger partial charge in [0.25, 0.3) is 0 Å². The van der Waals surface area contributed by atoms with Crippen molar-refractivity contribution in [2.75, 3.05) is 0 Å². The predicted octanol–water partition coefficient (Wildman–Crippen LogP) is 6.06. The summed E-state index contributed by atoms with van der Waals surface area (Å²) >= 11 is 0. The number of hydrogen-bond donors (Lipinski definition) is 0. The van der Waals surface area contributed by atoms with E-state index in [0.29, 0.717) is 0 Å². The van der Waals surface area contributed by atoms with Crippen LogP contribution in [0.2, 0.25) is 0 Å². The first kappa shape index (κ1) is 18.1. The number of aryl methyl sites for hydroxylation is 2.